The van der Waals surface area contributed by atoms with Crippen LogP contribution in [0, 0.1) is 19.3 Å². The first-order valence-corrected chi connectivity index (χ1v) is 11.0. The zero-order valence-electron chi connectivity index (χ0n) is 20.4. The Kier molecular flexibility index (Phi) is 7.63. The molecule has 0 aromatic heterocycles. The minimum absolute atomic E-state index is 0.160. The molecule has 0 radical (unpaired) electrons. The molecule has 31 heavy (non-hydrogen) atoms. The van der Waals surface area contributed by atoms with E-state index < -0.39 is 31.3 Å². The predicted octanol–water partition coefficient (Wildman–Crippen LogP) is 4.98. The molecule has 1 atom stereocenters. The van der Waals surface area contributed by atoms with Crippen LogP contribution in [0.4, 0.5) is 0 Å². The van der Waals surface area contributed by atoms with E-state index in [0.717, 1.165) is 27.8 Å². The van der Waals surface area contributed by atoms with Gasteiger partial charge in [-0.05, 0) is 47.4 Å². The van der Waals surface area contributed by atoms with Gasteiger partial charge in [0.15, 0.2) is 0 Å². The summed E-state index contributed by atoms with van der Waals surface area (Å²) in [7, 11) is 0. The fraction of sp³-hybridized carbons (Fsp3) is 0.556. The van der Waals surface area contributed by atoms with Gasteiger partial charge in [0.05, 0.1) is 25.2 Å². The maximum Gasteiger partial charge on any atom is 0.136 e. The van der Waals surface area contributed by atoms with Gasteiger partial charge in [0.1, 0.15) is 11.9 Å². The third kappa shape index (κ3) is 5.49. The molecular weight excluding hydrogens is 388 g/mol. The van der Waals surface area contributed by atoms with Gasteiger partial charge in [0, 0.05) is 0 Å². The third-order valence-corrected chi connectivity index (χ3v) is 5.99. The van der Waals surface area contributed by atoms with Crippen molar-refractivity contribution >= 4 is 0 Å². The number of rotatable bonds is 7. The maximum absolute atomic E-state index is 10.3. The largest absolute Gasteiger partial charge is 0.485 e. The highest BCUT2D eigenvalue weighted by Crippen LogP contribution is 2.44. The van der Waals surface area contributed by atoms with Gasteiger partial charge in [-0.25, -0.2) is 0 Å². The summed E-state index contributed by atoms with van der Waals surface area (Å²) < 4.78 is 6.65. The SMILES string of the molecule is Cc1ccc(OC(c2ccc(C)cc2C(C)(C)C)C(CO)(CO)CO)c(C(C)(C)C)c1. The monoisotopic (exact) mass is 428 g/mol. The summed E-state index contributed by atoms with van der Waals surface area (Å²) in [5, 5.41) is 30.9. The fourth-order valence-electron chi connectivity index (χ4n) is 3.93. The lowest BCUT2D eigenvalue weighted by Crippen LogP contribution is -2.43. The highest BCUT2D eigenvalue weighted by Gasteiger charge is 2.43. The van der Waals surface area contributed by atoms with Crippen LogP contribution in [-0.4, -0.2) is 35.1 Å². The Balaban J connectivity index is 2.78. The van der Waals surface area contributed by atoms with Crippen LogP contribution in [0.25, 0.3) is 0 Å². The summed E-state index contributed by atoms with van der Waals surface area (Å²) in [4.78, 5) is 0. The van der Waals surface area contributed by atoms with Crippen LogP contribution in [0.2, 0.25) is 0 Å². The molecule has 2 aromatic carbocycles. The molecule has 0 fully saturated rings. The van der Waals surface area contributed by atoms with Crippen LogP contribution < -0.4 is 4.74 Å². The molecule has 0 saturated heterocycles. The number of aliphatic hydroxyl groups is 3. The third-order valence-electron chi connectivity index (χ3n) is 5.99. The Morgan fingerprint density at radius 3 is 1.61 bits per heavy atom. The molecule has 1 unspecified atom stereocenters. The Morgan fingerprint density at radius 1 is 0.710 bits per heavy atom. The Hall–Kier alpha value is -1.88. The number of aryl methyl sites for hydroxylation is 2. The maximum atomic E-state index is 10.3. The smallest absolute Gasteiger partial charge is 0.136 e. The molecule has 0 aliphatic heterocycles. The predicted molar refractivity (Wildman–Crippen MR) is 127 cm³/mol. The van der Waals surface area contributed by atoms with Gasteiger partial charge in [0.25, 0.3) is 0 Å². The molecule has 3 N–H and O–H groups in total. The second-order valence-electron chi connectivity index (χ2n) is 10.9. The van der Waals surface area contributed by atoms with Crippen molar-refractivity contribution < 1.29 is 20.1 Å². The second kappa shape index (κ2) is 9.32. The van der Waals surface area contributed by atoms with E-state index in [4.69, 9.17) is 4.74 Å². The summed E-state index contributed by atoms with van der Waals surface area (Å²) in [6.07, 6.45) is -0.730. The Bertz CT molecular complexity index is 875. The highest BCUT2D eigenvalue weighted by atomic mass is 16.5. The molecule has 0 aliphatic carbocycles. The van der Waals surface area contributed by atoms with Crippen molar-refractivity contribution in [1.29, 1.82) is 0 Å². The summed E-state index contributed by atoms with van der Waals surface area (Å²) >= 11 is 0. The lowest BCUT2D eigenvalue weighted by atomic mass is 9.74. The number of benzene rings is 2. The van der Waals surface area contributed by atoms with Crippen molar-refractivity contribution in [2.24, 2.45) is 5.41 Å². The van der Waals surface area contributed by atoms with Crippen LogP contribution in [0.15, 0.2) is 36.4 Å². The lowest BCUT2D eigenvalue weighted by Gasteiger charge is -2.40. The zero-order chi connectivity index (χ0) is 23.6. The fourth-order valence-corrected chi connectivity index (χ4v) is 3.93. The van der Waals surface area contributed by atoms with Crippen molar-refractivity contribution in [3.05, 3.63) is 64.2 Å². The van der Waals surface area contributed by atoms with E-state index in [1.807, 2.05) is 38.1 Å². The Morgan fingerprint density at radius 2 is 1.16 bits per heavy atom. The van der Waals surface area contributed by atoms with Gasteiger partial charge in [-0.3, -0.25) is 0 Å². The number of aliphatic hydroxyl groups excluding tert-OH is 3. The van der Waals surface area contributed by atoms with E-state index in [2.05, 4.69) is 53.7 Å². The lowest BCUT2D eigenvalue weighted by molar-refractivity contribution is -0.0751. The quantitative estimate of drug-likeness (QED) is 0.582. The molecule has 0 amide bonds. The van der Waals surface area contributed by atoms with Gasteiger partial charge in [-0.2, -0.15) is 0 Å². The molecule has 2 aromatic rings. The Labute approximate surface area is 187 Å². The molecule has 0 saturated carbocycles. The second-order valence-corrected chi connectivity index (χ2v) is 10.9. The molecular formula is C27H40O4. The van der Waals surface area contributed by atoms with Crippen LogP contribution in [0.3, 0.4) is 0 Å². The van der Waals surface area contributed by atoms with Crippen LogP contribution in [0.1, 0.15) is 75.5 Å². The number of hydrogen-bond acceptors (Lipinski definition) is 4. The molecule has 4 heteroatoms. The van der Waals surface area contributed by atoms with Gasteiger partial charge in [-0.1, -0.05) is 83.0 Å². The molecule has 0 spiro atoms. The average molecular weight is 429 g/mol. The van der Waals surface area contributed by atoms with Crippen molar-refractivity contribution in [2.45, 2.75) is 72.3 Å². The van der Waals surface area contributed by atoms with E-state index in [-0.39, 0.29) is 10.8 Å². The minimum atomic E-state index is -1.24. The van der Waals surface area contributed by atoms with Gasteiger partial charge in [-0.15, -0.1) is 0 Å². The zero-order valence-corrected chi connectivity index (χ0v) is 20.4. The average Bonchev–Trinajstić information content (AvgIpc) is 2.68. The standard InChI is InChI=1S/C27H40O4/c1-18-9-11-20(21(13-18)25(3,4)5)24(27(15-28,16-29)17-30)31-23-12-10-19(2)14-22(23)26(6,7)8/h9-14,24,28-30H,15-17H2,1-8H3. The van der Waals surface area contributed by atoms with Gasteiger partial charge >= 0.3 is 0 Å². The van der Waals surface area contributed by atoms with Crippen LogP contribution in [-0.2, 0) is 10.8 Å². The van der Waals surface area contributed by atoms with Crippen molar-refractivity contribution in [3.8, 4) is 5.75 Å². The molecule has 0 heterocycles. The van der Waals surface area contributed by atoms with Crippen molar-refractivity contribution in [3.63, 3.8) is 0 Å². The van der Waals surface area contributed by atoms with Crippen LogP contribution >= 0.6 is 0 Å². The number of hydrogen-bond donors (Lipinski definition) is 3. The van der Waals surface area contributed by atoms with Gasteiger partial charge in [0.2, 0.25) is 0 Å². The number of ether oxygens (including phenoxy) is 1. The van der Waals surface area contributed by atoms with E-state index in [1.54, 1.807) is 0 Å². The summed E-state index contributed by atoms with van der Waals surface area (Å²) in [6.45, 7) is 15.7. The molecule has 0 bridgehead atoms. The van der Waals surface area contributed by atoms with Crippen LogP contribution in [0.5, 0.6) is 5.75 Å². The molecule has 2 rings (SSSR count). The van der Waals surface area contributed by atoms with E-state index in [1.165, 1.54) is 0 Å². The summed E-state index contributed by atoms with van der Waals surface area (Å²) in [5.74, 6) is 0.697. The van der Waals surface area contributed by atoms with E-state index in [9.17, 15) is 15.3 Å². The van der Waals surface area contributed by atoms with E-state index in [0.29, 0.717) is 5.75 Å². The summed E-state index contributed by atoms with van der Waals surface area (Å²) in [5.41, 5.74) is 3.66. The van der Waals surface area contributed by atoms with E-state index >= 15 is 0 Å². The first kappa shape index (κ1) is 25.4. The topological polar surface area (TPSA) is 69.9 Å². The molecule has 4 nitrogen and oxygen atoms in total. The normalized spacial score (nSPS) is 13.9. The van der Waals surface area contributed by atoms with Crippen molar-refractivity contribution in [1.82, 2.24) is 0 Å². The molecule has 172 valence electrons. The minimum Gasteiger partial charge on any atom is -0.485 e. The van der Waals surface area contributed by atoms with Gasteiger partial charge < -0.3 is 20.1 Å². The van der Waals surface area contributed by atoms with Crippen molar-refractivity contribution in [2.75, 3.05) is 19.8 Å². The summed E-state index contributed by atoms with van der Waals surface area (Å²) in [6, 6.07) is 12.2. The molecule has 0 aliphatic rings. The first-order chi connectivity index (χ1) is 14.3. The highest BCUT2D eigenvalue weighted by molar-refractivity contribution is 5.44. The first-order valence-electron chi connectivity index (χ1n) is 11.0.